The van der Waals surface area contributed by atoms with Gasteiger partial charge >= 0.3 is 0 Å². The summed E-state index contributed by atoms with van der Waals surface area (Å²) in [6, 6.07) is 1.46. The first-order valence-corrected chi connectivity index (χ1v) is 8.43. The molecule has 1 fully saturated rings. The van der Waals surface area contributed by atoms with E-state index in [1.165, 1.54) is 10.4 Å². The molecule has 1 aromatic heterocycles. The van der Waals surface area contributed by atoms with E-state index in [-0.39, 0.29) is 16.7 Å². The van der Waals surface area contributed by atoms with Crippen LogP contribution in [0.4, 0.5) is 0 Å². The van der Waals surface area contributed by atoms with Crippen molar-refractivity contribution < 1.29 is 13.5 Å². The van der Waals surface area contributed by atoms with Crippen LogP contribution in [0.2, 0.25) is 5.02 Å². The van der Waals surface area contributed by atoms with E-state index in [0.29, 0.717) is 28.3 Å². The average Bonchev–Trinajstić information content (AvgIpc) is 2.87. The maximum Gasteiger partial charge on any atom is 0.252 e. The molecule has 0 aromatic carbocycles. The van der Waals surface area contributed by atoms with Crippen molar-refractivity contribution in [2.75, 3.05) is 19.7 Å². The highest BCUT2D eigenvalue weighted by molar-refractivity contribution is 9.11. The Morgan fingerprint density at radius 2 is 2.35 bits per heavy atom. The molecular weight excluding hydrogens is 350 g/mol. The monoisotopic (exact) mass is 359 g/mol. The molecule has 1 atom stereocenters. The molecule has 0 saturated carbocycles. The highest BCUT2D eigenvalue weighted by Crippen LogP contribution is 2.37. The fourth-order valence-corrected chi connectivity index (χ4v) is 5.83. The van der Waals surface area contributed by atoms with Crippen LogP contribution in [0, 0.1) is 5.92 Å². The zero-order chi connectivity index (χ0) is 12.6. The van der Waals surface area contributed by atoms with E-state index in [2.05, 4.69) is 15.9 Å². The summed E-state index contributed by atoms with van der Waals surface area (Å²) in [5.74, 6) is 0.0450. The number of thiophene rings is 1. The number of hydrogen-bond donors (Lipinski definition) is 1. The molecular formula is C9H11BrClNO3S2. The minimum absolute atomic E-state index is 0.0287. The lowest BCUT2D eigenvalue weighted by Gasteiger charge is -2.14. The highest BCUT2D eigenvalue weighted by atomic mass is 79.9. The van der Waals surface area contributed by atoms with Crippen molar-refractivity contribution in [1.29, 1.82) is 0 Å². The van der Waals surface area contributed by atoms with Gasteiger partial charge in [0, 0.05) is 19.7 Å². The molecule has 0 radical (unpaired) electrons. The summed E-state index contributed by atoms with van der Waals surface area (Å²) >= 11 is 10.2. The number of hydrogen-bond acceptors (Lipinski definition) is 4. The van der Waals surface area contributed by atoms with E-state index >= 15 is 0 Å². The molecule has 1 saturated heterocycles. The quantitative estimate of drug-likeness (QED) is 0.899. The molecule has 1 aromatic rings. The van der Waals surface area contributed by atoms with Crippen LogP contribution < -0.4 is 0 Å². The van der Waals surface area contributed by atoms with Crippen molar-refractivity contribution in [2.45, 2.75) is 10.6 Å². The lowest BCUT2D eigenvalue weighted by Crippen LogP contribution is -2.28. The molecule has 17 heavy (non-hydrogen) atoms. The van der Waals surface area contributed by atoms with Crippen molar-refractivity contribution >= 4 is 48.9 Å². The van der Waals surface area contributed by atoms with E-state index in [1.807, 2.05) is 0 Å². The fraction of sp³-hybridized carbons (Fsp3) is 0.556. The summed E-state index contributed by atoms with van der Waals surface area (Å²) in [6.07, 6.45) is 0.704. The number of sulfonamides is 1. The smallest absolute Gasteiger partial charge is 0.252 e. The van der Waals surface area contributed by atoms with Gasteiger partial charge in [0.2, 0.25) is 0 Å². The molecule has 0 amide bonds. The summed E-state index contributed by atoms with van der Waals surface area (Å²) in [5.41, 5.74) is 0. The maximum atomic E-state index is 12.2. The second-order valence-electron chi connectivity index (χ2n) is 3.89. The Labute approximate surface area is 117 Å². The second kappa shape index (κ2) is 5.14. The van der Waals surface area contributed by atoms with E-state index in [0.717, 1.165) is 11.3 Å². The topological polar surface area (TPSA) is 57.6 Å². The SMILES string of the molecule is O=S(=O)(c1cc(Cl)c(Br)s1)N1CCC(CO)C1. The molecule has 1 aliphatic heterocycles. The summed E-state index contributed by atoms with van der Waals surface area (Å²) < 4.78 is 26.7. The number of rotatable bonds is 3. The van der Waals surface area contributed by atoms with Gasteiger partial charge in [-0.1, -0.05) is 11.6 Å². The first-order valence-electron chi connectivity index (χ1n) is 5.01. The third-order valence-electron chi connectivity index (χ3n) is 2.72. The molecule has 0 aliphatic carbocycles. The van der Waals surface area contributed by atoms with Crippen LogP contribution in [-0.4, -0.2) is 37.5 Å². The molecule has 96 valence electrons. The summed E-state index contributed by atoms with van der Waals surface area (Å²) in [7, 11) is -3.46. The molecule has 0 bridgehead atoms. The van der Waals surface area contributed by atoms with Crippen LogP contribution in [0.5, 0.6) is 0 Å². The third kappa shape index (κ3) is 2.69. The lowest BCUT2D eigenvalue weighted by atomic mass is 10.1. The van der Waals surface area contributed by atoms with Gasteiger partial charge < -0.3 is 5.11 Å². The van der Waals surface area contributed by atoms with E-state index in [4.69, 9.17) is 16.7 Å². The predicted molar refractivity (Wildman–Crippen MR) is 71.0 cm³/mol. The van der Waals surface area contributed by atoms with Gasteiger partial charge in [0.05, 0.1) is 8.81 Å². The van der Waals surface area contributed by atoms with Gasteiger partial charge in [0.25, 0.3) is 10.0 Å². The minimum Gasteiger partial charge on any atom is -0.396 e. The maximum absolute atomic E-state index is 12.2. The van der Waals surface area contributed by atoms with E-state index in [9.17, 15) is 8.42 Å². The van der Waals surface area contributed by atoms with Gasteiger partial charge in [0.1, 0.15) is 4.21 Å². The van der Waals surface area contributed by atoms with Crippen molar-refractivity contribution in [3.05, 3.63) is 14.9 Å². The summed E-state index contributed by atoms with van der Waals surface area (Å²) in [6.45, 7) is 0.869. The van der Waals surface area contributed by atoms with Crippen molar-refractivity contribution in [2.24, 2.45) is 5.92 Å². The zero-order valence-corrected chi connectivity index (χ0v) is 12.7. The number of halogens is 2. The molecule has 4 nitrogen and oxygen atoms in total. The van der Waals surface area contributed by atoms with Crippen LogP contribution in [0.3, 0.4) is 0 Å². The van der Waals surface area contributed by atoms with Crippen molar-refractivity contribution in [1.82, 2.24) is 4.31 Å². The van der Waals surface area contributed by atoms with Gasteiger partial charge in [-0.3, -0.25) is 0 Å². The van der Waals surface area contributed by atoms with Gasteiger partial charge in [-0.2, -0.15) is 4.31 Å². The number of nitrogens with zero attached hydrogens (tertiary/aromatic N) is 1. The summed E-state index contributed by atoms with van der Waals surface area (Å²) in [5, 5.41) is 9.43. The Bertz CT molecular complexity index is 497. The summed E-state index contributed by atoms with van der Waals surface area (Å²) in [4.78, 5) is 0. The predicted octanol–water partition coefficient (Wildman–Crippen LogP) is 2.17. The Morgan fingerprint density at radius 3 is 2.82 bits per heavy atom. The van der Waals surface area contributed by atoms with Gasteiger partial charge in [-0.05, 0) is 34.3 Å². The van der Waals surface area contributed by atoms with E-state index in [1.54, 1.807) is 0 Å². The molecule has 2 rings (SSSR count). The molecule has 1 N–H and O–H groups in total. The normalized spacial score (nSPS) is 22.2. The number of aliphatic hydroxyl groups excluding tert-OH is 1. The standard InChI is InChI=1S/C9H11BrClNO3S2/c10-9-7(11)3-8(16-9)17(14,15)12-2-1-6(4-12)5-13/h3,6,13H,1-2,4-5H2. The molecule has 1 unspecified atom stereocenters. The zero-order valence-electron chi connectivity index (χ0n) is 8.77. The highest BCUT2D eigenvalue weighted by Gasteiger charge is 2.33. The largest absolute Gasteiger partial charge is 0.396 e. The Kier molecular flexibility index (Phi) is 4.16. The second-order valence-corrected chi connectivity index (χ2v) is 8.83. The van der Waals surface area contributed by atoms with Crippen LogP contribution >= 0.6 is 38.9 Å². The van der Waals surface area contributed by atoms with Gasteiger partial charge in [-0.25, -0.2) is 8.42 Å². The molecule has 0 spiro atoms. The van der Waals surface area contributed by atoms with Crippen molar-refractivity contribution in [3.63, 3.8) is 0 Å². The minimum atomic E-state index is -3.46. The fourth-order valence-electron chi connectivity index (χ4n) is 1.75. The molecule has 1 aliphatic rings. The van der Waals surface area contributed by atoms with E-state index < -0.39 is 10.0 Å². The lowest BCUT2D eigenvalue weighted by molar-refractivity contribution is 0.233. The van der Waals surface area contributed by atoms with Crippen LogP contribution in [-0.2, 0) is 10.0 Å². The Morgan fingerprint density at radius 1 is 1.65 bits per heavy atom. The van der Waals surface area contributed by atoms with Crippen LogP contribution in [0.1, 0.15) is 6.42 Å². The molecule has 8 heteroatoms. The Balaban J connectivity index is 2.25. The first kappa shape index (κ1) is 13.8. The van der Waals surface area contributed by atoms with Gasteiger partial charge in [0.15, 0.2) is 0 Å². The van der Waals surface area contributed by atoms with Crippen LogP contribution in [0.15, 0.2) is 14.1 Å². The Hall–Kier alpha value is 0.340. The van der Waals surface area contributed by atoms with Crippen LogP contribution in [0.25, 0.3) is 0 Å². The molecule has 2 heterocycles. The average molecular weight is 361 g/mol. The third-order valence-corrected chi connectivity index (χ3v) is 7.51. The van der Waals surface area contributed by atoms with Crippen molar-refractivity contribution in [3.8, 4) is 0 Å². The number of aliphatic hydroxyl groups is 1. The van der Waals surface area contributed by atoms with Gasteiger partial charge in [-0.15, -0.1) is 11.3 Å². The first-order chi connectivity index (χ1) is 7.95.